The standard InChI is InChI=1S/C23H39NO4/c1-8-9-10-15-11-16-13-23(17(16)12-15,18(19(25)26)21(2,3)4)14-24-20(27)28-22(5,6)7/h12,16-18H,8-11,13-14H2,1-7H3,(H,24,27)(H,25,26)/t16-,17+,18?,23+/m1/s1. The number of hydrogen-bond acceptors (Lipinski definition) is 3. The van der Waals surface area contributed by atoms with E-state index in [2.05, 4.69) is 18.3 Å². The molecule has 5 nitrogen and oxygen atoms in total. The van der Waals surface area contributed by atoms with Crippen molar-refractivity contribution in [2.75, 3.05) is 6.54 Å². The quantitative estimate of drug-likeness (QED) is 0.568. The average molecular weight is 394 g/mol. The number of unbranched alkanes of at least 4 members (excludes halogenated alkanes) is 1. The summed E-state index contributed by atoms with van der Waals surface area (Å²) < 4.78 is 5.40. The van der Waals surface area contributed by atoms with Crippen molar-refractivity contribution in [3.05, 3.63) is 11.6 Å². The molecule has 0 aromatic carbocycles. The first kappa shape index (κ1) is 22.8. The molecule has 1 fully saturated rings. The molecule has 4 atom stereocenters. The van der Waals surface area contributed by atoms with Crippen LogP contribution in [0.4, 0.5) is 4.79 Å². The van der Waals surface area contributed by atoms with E-state index in [1.54, 1.807) is 0 Å². The molecule has 5 heteroatoms. The molecule has 2 N–H and O–H groups in total. The zero-order chi connectivity index (χ0) is 21.3. The second kappa shape index (κ2) is 8.08. The number of ether oxygens (including phenoxy) is 1. The minimum atomic E-state index is -0.771. The van der Waals surface area contributed by atoms with Crippen LogP contribution < -0.4 is 5.32 Å². The maximum Gasteiger partial charge on any atom is 0.407 e. The highest BCUT2D eigenvalue weighted by Gasteiger charge is 2.63. The first-order valence-corrected chi connectivity index (χ1v) is 10.7. The van der Waals surface area contributed by atoms with Crippen molar-refractivity contribution in [2.45, 2.75) is 86.2 Å². The molecule has 28 heavy (non-hydrogen) atoms. The summed E-state index contributed by atoms with van der Waals surface area (Å²) in [4.78, 5) is 24.6. The molecule has 0 spiro atoms. The molecule has 0 aromatic heterocycles. The Morgan fingerprint density at radius 3 is 2.43 bits per heavy atom. The number of allylic oxidation sites excluding steroid dienone is 2. The van der Waals surface area contributed by atoms with Crippen LogP contribution in [0.5, 0.6) is 0 Å². The van der Waals surface area contributed by atoms with E-state index in [-0.39, 0.29) is 5.92 Å². The number of rotatable bonds is 7. The molecule has 2 aliphatic carbocycles. The van der Waals surface area contributed by atoms with Gasteiger partial charge in [-0.1, -0.05) is 45.8 Å². The average Bonchev–Trinajstić information content (AvgIpc) is 2.83. The molecule has 2 aliphatic rings. The molecular weight excluding hydrogens is 354 g/mol. The Morgan fingerprint density at radius 1 is 1.29 bits per heavy atom. The zero-order valence-electron chi connectivity index (χ0n) is 18.7. The summed E-state index contributed by atoms with van der Waals surface area (Å²) >= 11 is 0. The Balaban J connectivity index is 2.27. The highest BCUT2D eigenvalue weighted by atomic mass is 16.6. The van der Waals surface area contributed by atoms with Crippen LogP contribution >= 0.6 is 0 Å². The molecule has 0 bridgehead atoms. The maximum absolute atomic E-state index is 12.3. The van der Waals surface area contributed by atoms with Gasteiger partial charge in [-0.3, -0.25) is 4.79 Å². The molecular formula is C23H39NO4. The Morgan fingerprint density at radius 2 is 1.93 bits per heavy atom. The molecule has 0 saturated heterocycles. The number of aliphatic carboxylic acids is 1. The summed E-state index contributed by atoms with van der Waals surface area (Å²) in [7, 11) is 0. The SMILES string of the molecule is CCCCC1=C[C@H]2[C@H](C1)C[C@@]2(CNC(=O)OC(C)(C)C)C(C(=O)O)C(C)(C)C. The number of alkyl carbamates (subject to hydrolysis) is 1. The van der Waals surface area contributed by atoms with Crippen LogP contribution in [0.3, 0.4) is 0 Å². The lowest BCUT2D eigenvalue weighted by atomic mass is 9.46. The van der Waals surface area contributed by atoms with Crippen molar-refractivity contribution in [1.82, 2.24) is 5.32 Å². The highest BCUT2D eigenvalue weighted by Crippen LogP contribution is 2.64. The van der Waals surface area contributed by atoms with Crippen LogP contribution in [0.1, 0.15) is 80.6 Å². The van der Waals surface area contributed by atoms with E-state index in [9.17, 15) is 14.7 Å². The number of nitrogens with one attached hydrogen (secondary N) is 1. The van der Waals surface area contributed by atoms with E-state index in [4.69, 9.17) is 4.74 Å². The molecule has 160 valence electrons. The predicted molar refractivity (Wildman–Crippen MR) is 111 cm³/mol. The fraction of sp³-hybridized carbons (Fsp3) is 0.826. The Kier molecular flexibility index (Phi) is 6.57. The Hall–Kier alpha value is -1.52. The van der Waals surface area contributed by atoms with Gasteiger partial charge in [0.05, 0.1) is 5.92 Å². The number of hydrogen-bond donors (Lipinski definition) is 2. The fourth-order valence-electron chi connectivity index (χ4n) is 5.44. The van der Waals surface area contributed by atoms with E-state index in [1.807, 2.05) is 41.5 Å². The fourth-order valence-corrected chi connectivity index (χ4v) is 5.44. The Bertz CT molecular complexity index is 625. The summed E-state index contributed by atoms with van der Waals surface area (Å²) in [5, 5.41) is 13.0. The van der Waals surface area contributed by atoms with E-state index in [1.165, 1.54) is 12.0 Å². The minimum absolute atomic E-state index is 0.217. The predicted octanol–water partition coefficient (Wildman–Crippen LogP) is 5.40. The van der Waals surface area contributed by atoms with Gasteiger partial charge >= 0.3 is 12.1 Å². The van der Waals surface area contributed by atoms with Gasteiger partial charge < -0.3 is 15.2 Å². The highest BCUT2D eigenvalue weighted by molar-refractivity contribution is 5.73. The normalized spacial score (nSPS) is 28.0. The topological polar surface area (TPSA) is 75.6 Å². The third-order valence-corrected chi connectivity index (χ3v) is 6.25. The number of carbonyl (C=O) groups is 2. The molecule has 1 saturated carbocycles. The van der Waals surface area contributed by atoms with Crippen molar-refractivity contribution in [1.29, 1.82) is 0 Å². The van der Waals surface area contributed by atoms with Crippen molar-refractivity contribution in [3.63, 3.8) is 0 Å². The van der Waals surface area contributed by atoms with Crippen LogP contribution in [0.25, 0.3) is 0 Å². The van der Waals surface area contributed by atoms with Crippen LogP contribution in [-0.2, 0) is 9.53 Å². The van der Waals surface area contributed by atoms with Crippen LogP contribution in [0, 0.1) is 28.6 Å². The molecule has 1 amide bonds. The molecule has 0 radical (unpaired) electrons. The van der Waals surface area contributed by atoms with Gasteiger partial charge in [-0.05, 0) is 63.7 Å². The summed E-state index contributed by atoms with van der Waals surface area (Å²) in [6, 6.07) is 0. The van der Waals surface area contributed by atoms with Gasteiger partial charge in [0.2, 0.25) is 0 Å². The lowest BCUT2D eigenvalue weighted by Crippen LogP contribution is -2.61. The van der Waals surface area contributed by atoms with Gasteiger partial charge in [0.1, 0.15) is 5.60 Å². The van der Waals surface area contributed by atoms with Crippen molar-refractivity contribution < 1.29 is 19.4 Å². The number of carboxylic acid groups (broad SMARTS) is 1. The number of amides is 1. The first-order chi connectivity index (χ1) is 12.8. The van der Waals surface area contributed by atoms with Crippen LogP contribution in [-0.4, -0.2) is 29.3 Å². The second-order valence-electron chi connectivity index (χ2n) is 10.8. The molecule has 2 rings (SSSR count). The third kappa shape index (κ3) is 4.90. The van der Waals surface area contributed by atoms with Gasteiger partial charge in [-0.15, -0.1) is 0 Å². The summed E-state index contributed by atoms with van der Waals surface area (Å²) in [6.07, 6.45) is 7.23. The number of carbonyl (C=O) groups excluding carboxylic acids is 1. The van der Waals surface area contributed by atoms with Crippen LogP contribution in [0.2, 0.25) is 0 Å². The molecule has 1 unspecified atom stereocenters. The van der Waals surface area contributed by atoms with Gasteiger partial charge in [0.15, 0.2) is 0 Å². The van der Waals surface area contributed by atoms with E-state index in [0.29, 0.717) is 12.5 Å². The van der Waals surface area contributed by atoms with Gasteiger partial charge in [0, 0.05) is 12.0 Å². The zero-order valence-corrected chi connectivity index (χ0v) is 18.7. The smallest absolute Gasteiger partial charge is 0.407 e. The van der Waals surface area contributed by atoms with Gasteiger partial charge in [-0.2, -0.15) is 0 Å². The Labute approximate surface area is 170 Å². The largest absolute Gasteiger partial charge is 0.481 e. The third-order valence-electron chi connectivity index (χ3n) is 6.25. The second-order valence-corrected chi connectivity index (χ2v) is 10.8. The summed E-state index contributed by atoms with van der Waals surface area (Å²) in [5.74, 6) is -0.573. The van der Waals surface area contributed by atoms with Crippen molar-refractivity contribution in [2.24, 2.45) is 28.6 Å². The molecule has 0 aliphatic heterocycles. The molecule has 0 heterocycles. The first-order valence-electron chi connectivity index (χ1n) is 10.7. The van der Waals surface area contributed by atoms with E-state index in [0.717, 1.165) is 25.7 Å². The number of fused-ring (bicyclic) bond motifs is 1. The van der Waals surface area contributed by atoms with Crippen molar-refractivity contribution >= 4 is 12.1 Å². The lowest BCUT2D eigenvalue weighted by molar-refractivity contribution is -0.167. The lowest BCUT2D eigenvalue weighted by Gasteiger charge is -2.58. The van der Waals surface area contributed by atoms with Gasteiger partial charge in [0.25, 0.3) is 0 Å². The maximum atomic E-state index is 12.3. The van der Waals surface area contributed by atoms with Gasteiger partial charge in [-0.25, -0.2) is 4.79 Å². The van der Waals surface area contributed by atoms with Crippen LogP contribution in [0.15, 0.2) is 11.6 Å². The molecule has 0 aromatic rings. The monoisotopic (exact) mass is 393 g/mol. The number of carboxylic acids is 1. The van der Waals surface area contributed by atoms with Crippen molar-refractivity contribution in [3.8, 4) is 0 Å². The summed E-state index contributed by atoms with van der Waals surface area (Å²) in [6.45, 7) is 14.0. The minimum Gasteiger partial charge on any atom is -0.481 e. The summed E-state index contributed by atoms with van der Waals surface area (Å²) in [5.41, 5.74) is 0.0384. The van der Waals surface area contributed by atoms with E-state index < -0.39 is 34.4 Å². The van der Waals surface area contributed by atoms with E-state index >= 15 is 0 Å².